The molecule has 7 heteroatoms. The first-order valence-corrected chi connectivity index (χ1v) is 6.85. The van der Waals surface area contributed by atoms with E-state index in [1.165, 1.54) is 4.90 Å². The number of urea groups is 1. The largest absolute Gasteiger partial charge is 0.481 e. The highest BCUT2D eigenvalue weighted by Crippen LogP contribution is 2.29. The van der Waals surface area contributed by atoms with Gasteiger partial charge in [-0.15, -0.1) is 0 Å². The number of nitrogens with zero attached hydrogens (tertiary/aromatic N) is 1. The fourth-order valence-corrected chi connectivity index (χ4v) is 2.48. The standard InChI is InChI=1S/C13H14Cl2N2O3/c1-7-2-10(15)11(4-9(7)14)16-13(20)17-5-8(6-17)3-12(18)19/h2,4,8H,3,5-6H2,1H3,(H,16,20)(H,18,19). The molecule has 20 heavy (non-hydrogen) atoms. The van der Waals surface area contributed by atoms with Crippen LogP contribution in [0, 0.1) is 12.8 Å². The summed E-state index contributed by atoms with van der Waals surface area (Å²) in [6, 6.07) is 2.99. The highest BCUT2D eigenvalue weighted by atomic mass is 35.5. The number of benzene rings is 1. The summed E-state index contributed by atoms with van der Waals surface area (Å²) in [5.41, 5.74) is 1.29. The summed E-state index contributed by atoms with van der Waals surface area (Å²) in [5, 5.41) is 12.3. The number of carbonyl (C=O) groups is 2. The molecule has 0 aliphatic carbocycles. The van der Waals surface area contributed by atoms with Gasteiger partial charge in [0.15, 0.2) is 0 Å². The predicted molar refractivity (Wildman–Crippen MR) is 77.5 cm³/mol. The van der Waals surface area contributed by atoms with Crippen molar-refractivity contribution >= 4 is 40.9 Å². The molecule has 0 aromatic heterocycles. The zero-order valence-electron chi connectivity index (χ0n) is 10.8. The van der Waals surface area contributed by atoms with E-state index in [0.717, 1.165) is 5.56 Å². The Kier molecular flexibility index (Phi) is 4.40. The van der Waals surface area contributed by atoms with Crippen molar-refractivity contribution in [1.29, 1.82) is 0 Å². The van der Waals surface area contributed by atoms with E-state index < -0.39 is 5.97 Å². The molecular weight excluding hydrogens is 303 g/mol. The van der Waals surface area contributed by atoms with Gasteiger partial charge >= 0.3 is 12.0 Å². The number of rotatable bonds is 3. The number of carboxylic acid groups (broad SMARTS) is 1. The lowest BCUT2D eigenvalue weighted by molar-refractivity contribution is -0.139. The zero-order chi connectivity index (χ0) is 14.9. The van der Waals surface area contributed by atoms with Crippen molar-refractivity contribution in [2.75, 3.05) is 18.4 Å². The van der Waals surface area contributed by atoms with E-state index in [2.05, 4.69) is 5.32 Å². The summed E-state index contributed by atoms with van der Waals surface area (Å²) in [7, 11) is 0. The van der Waals surface area contributed by atoms with E-state index >= 15 is 0 Å². The number of carbonyl (C=O) groups excluding carboxylic acids is 1. The van der Waals surface area contributed by atoms with Crippen LogP contribution >= 0.6 is 23.2 Å². The van der Waals surface area contributed by atoms with E-state index in [-0.39, 0.29) is 18.4 Å². The van der Waals surface area contributed by atoms with Crippen LogP contribution in [-0.2, 0) is 4.79 Å². The van der Waals surface area contributed by atoms with Crippen molar-refractivity contribution in [2.24, 2.45) is 5.92 Å². The van der Waals surface area contributed by atoms with Gasteiger partial charge in [0.1, 0.15) is 0 Å². The first kappa shape index (κ1) is 14.9. The smallest absolute Gasteiger partial charge is 0.321 e. The normalized spacial score (nSPS) is 14.8. The summed E-state index contributed by atoms with van der Waals surface area (Å²) >= 11 is 12.0. The van der Waals surface area contributed by atoms with E-state index in [1.54, 1.807) is 12.1 Å². The molecule has 1 aliphatic heterocycles. The number of carboxylic acids is 1. The lowest BCUT2D eigenvalue weighted by Gasteiger charge is -2.38. The van der Waals surface area contributed by atoms with Gasteiger partial charge in [0.2, 0.25) is 0 Å². The molecule has 1 saturated heterocycles. The second-order valence-electron chi connectivity index (χ2n) is 4.88. The first-order chi connectivity index (χ1) is 9.36. The fraction of sp³-hybridized carbons (Fsp3) is 0.385. The molecule has 5 nitrogen and oxygen atoms in total. The Hall–Kier alpha value is -1.46. The molecule has 0 unspecified atom stereocenters. The summed E-state index contributed by atoms with van der Waals surface area (Å²) in [6.45, 7) is 2.70. The molecule has 1 aliphatic rings. The van der Waals surface area contributed by atoms with Crippen molar-refractivity contribution < 1.29 is 14.7 Å². The summed E-state index contributed by atoms with van der Waals surface area (Å²) < 4.78 is 0. The van der Waals surface area contributed by atoms with Crippen LogP contribution in [0.25, 0.3) is 0 Å². The van der Waals surface area contributed by atoms with E-state index in [1.807, 2.05) is 6.92 Å². The molecule has 2 rings (SSSR count). The van der Waals surface area contributed by atoms with Crippen molar-refractivity contribution in [3.8, 4) is 0 Å². The predicted octanol–water partition coefficient (Wildman–Crippen LogP) is 3.24. The molecule has 0 spiro atoms. The maximum Gasteiger partial charge on any atom is 0.321 e. The number of likely N-dealkylation sites (tertiary alicyclic amines) is 1. The van der Waals surface area contributed by atoms with Gasteiger partial charge in [-0.2, -0.15) is 0 Å². The number of amides is 2. The lowest BCUT2D eigenvalue weighted by atomic mass is 9.97. The number of anilines is 1. The second-order valence-corrected chi connectivity index (χ2v) is 5.69. The molecule has 1 fully saturated rings. The average molecular weight is 317 g/mol. The summed E-state index contributed by atoms with van der Waals surface area (Å²) in [5.74, 6) is -0.821. The van der Waals surface area contributed by atoms with Gasteiger partial charge in [0.25, 0.3) is 0 Å². The molecule has 2 N–H and O–H groups in total. The molecule has 1 heterocycles. The molecule has 0 atom stereocenters. The topological polar surface area (TPSA) is 69.6 Å². The number of halogens is 2. The van der Waals surface area contributed by atoms with Gasteiger partial charge in [-0.05, 0) is 24.6 Å². The number of aryl methyl sites for hydroxylation is 1. The maximum absolute atomic E-state index is 11.9. The minimum atomic E-state index is -0.844. The van der Waals surface area contributed by atoms with Crippen LogP contribution in [0.3, 0.4) is 0 Å². The third-order valence-corrected chi connectivity index (χ3v) is 3.92. The maximum atomic E-state index is 11.9. The molecule has 1 aromatic rings. The third kappa shape index (κ3) is 3.35. The second kappa shape index (κ2) is 5.89. The average Bonchev–Trinajstić information content (AvgIpc) is 2.29. The van der Waals surface area contributed by atoms with Crippen LogP contribution in [0.5, 0.6) is 0 Å². The Morgan fingerprint density at radius 2 is 2.00 bits per heavy atom. The number of hydrogen-bond donors (Lipinski definition) is 2. The molecule has 2 amide bonds. The third-order valence-electron chi connectivity index (χ3n) is 3.20. The first-order valence-electron chi connectivity index (χ1n) is 6.10. The lowest BCUT2D eigenvalue weighted by Crippen LogP contribution is -2.52. The molecular formula is C13H14Cl2N2O3. The Morgan fingerprint density at radius 3 is 2.60 bits per heavy atom. The van der Waals surface area contributed by atoms with Crippen LogP contribution in [0.2, 0.25) is 10.0 Å². The van der Waals surface area contributed by atoms with Gasteiger partial charge in [0.05, 0.1) is 17.1 Å². The van der Waals surface area contributed by atoms with Gasteiger partial charge in [-0.3, -0.25) is 4.79 Å². The monoisotopic (exact) mass is 316 g/mol. The quantitative estimate of drug-likeness (QED) is 0.899. The Bertz CT molecular complexity index is 557. The van der Waals surface area contributed by atoms with E-state index in [4.69, 9.17) is 28.3 Å². The van der Waals surface area contributed by atoms with Crippen molar-refractivity contribution in [2.45, 2.75) is 13.3 Å². The number of aliphatic carboxylic acids is 1. The minimum absolute atomic E-state index is 0.0235. The Morgan fingerprint density at radius 1 is 1.35 bits per heavy atom. The SMILES string of the molecule is Cc1cc(Cl)c(NC(=O)N2CC(CC(=O)O)C2)cc1Cl. The summed E-state index contributed by atoms with van der Waals surface area (Å²) in [4.78, 5) is 24.0. The van der Waals surface area contributed by atoms with E-state index in [0.29, 0.717) is 28.8 Å². The number of hydrogen-bond acceptors (Lipinski definition) is 2. The number of nitrogens with one attached hydrogen (secondary N) is 1. The van der Waals surface area contributed by atoms with Crippen LogP contribution in [-0.4, -0.2) is 35.1 Å². The molecule has 108 valence electrons. The summed E-state index contributed by atoms with van der Waals surface area (Å²) in [6.07, 6.45) is 0.0842. The molecule has 0 saturated carbocycles. The van der Waals surface area contributed by atoms with Crippen LogP contribution in [0.15, 0.2) is 12.1 Å². The molecule has 1 aromatic carbocycles. The molecule has 0 bridgehead atoms. The van der Waals surface area contributed by atoms with Crippen molar-refractivity contribution in [1.82, 2.24) is 4.90 Å². The zero-order valence-corrected chi connectivity index (χ0v) is 12.3. The van der Waals surface area contributed by atoms with Gasteiger partial charge in [0, 0.05) is 24.0 Å². The fourth-order valence-electron chi connectivity index (χ4n) is 2.05. The van der Waals surface area contributed by atoms with Gasteiger partial charge in [-0.25, -0.2) is 4.79 Å². The molecule has 0 radical (unpaired) electrons. The van der Waals surface area contributed by atoms with Crippen LogP contribution in [0.4, 0.5) is 10.5 Å². The van der Waals surface area contributed by atoms with Crippen LogP contribution in [0.1, 0.15) is 12.0 Å². The van der Waals surface area contributed by atoms with Crippen molar-refractivity contribution in [3.05, 3.63) is 27.7 Å². The highest BCUT2D eigenvalue weighted by Gasteiger charge is 2.32. The minimum Gasteiger partial charge on any atom is -0.481 e. The van der Waals surface area contributed by atoms with Gasteiger partial charge in [-0.1, -0.05) is 23.2 Å². The highest BCUT2D eigenvalue weighted by molar-refractivity contribution is 6.36. The van der Waals surface area contributed by atoms with Gasteiger partial charge < -0.3 is 15.3 Å². The Balaban J connectivity index is 1.93. The van der Waals surface area contributed by atoms with E-state index in [9.17, 15) is 9.59 Å². The van der Waals surface area contributed by atoms with Crippen LogP contribution < -0.4 is 5.32 Å². The Labute approximate surface area is 126 Å². The van der Waals surface area contributed by atoms with Crippen molar-refractivity contribution in [3.63, 3.8) is 0 Å².